The number of benzene rings is 2. The first-order valence-electron chi connectivity index (χ1n) is 19.5. The first kappa shape index (κ1) is 42.6. The molecular weight excluding hydrogens is 773 g/mol. The second-order valence-electron chi connectivity index (χ2n) is 15.8. The summed E-state index contributed by atoms with van der Waals surface area (Å²) in [6.45, 7) is 12.0. The summed E-state index contributed by atoms with van der Waals surface area (Å²) < 4.78 is 65.1. The summed E-state index contributed by atoms with van der Waals surface area (Å²) in [4.78, 5) is 53.0. The maximum atomic E-state index is 17.4. The van der Waals surface area contributed by atoms with Gasteiger partial charge in [0.25, 0.3) is 0 Å². The van der Waals surface area contributed by atoms with Crippen molar-refractivity contribution in [3.63, 3.8) is 0 Å². The predicted molar refractivity (Wildman–Crippen MR) is 212 cm³/mol. The third kappa shape index (κ3) is 8.88. The number of hydrogen-bond acceptors (Lipinski definition) is 8. The monoisotopic (exact) mass is 820 g/mol. The van der Waals surface area contributed by atoms with Crippen molar-refractivity contribution in [2.24, 2.45) is 5.92 Å². The van der Waals surface area contributed by atoms with Gasteiger partial charge in [-0.25, -0.2) is 23.8 Å². The number of aliphatic carboxylic acids is 1. The number of H-pyrrole nitrogens is 1. The molecule has 314 valence electrons. The second kappa shape index (κ2) is 16.7. The van der Waals surface area contributed by atoms with E-state index in [1.165, 1.54) is 11.0 Å². The maximum Gasteiger partial charge on any atom is 0.419 e. The molecule has 0 aliphatic carbocycles. The van der Waals surface area contributed by atoms with Crippen LogP contribution in [0, 0.1) is 11.7 Å². The topological polar surface area (TPSA) is 159 Å². The van der Waals surface area contributed by atoms with Crippen molar-refractivity contribution in [2.45, 2.75) is 98.6 Å². The number of carboxylic acids is 1. The molecule has 0 bridgehead atoms. The molecule has 2 aromatic carbocycles. The van der Waals surface area contributed by atoms with Crippen LogP contribution < -0.4 is 10.2 Å². The van der Waals surface area contributed by atoms with Gasteiger partial charge in [0.15, 0.2) is 0 Å². The highest BCUT2D eigenvalue weighted by atomic mass is 19.4. The standard InChI is InChI=1S/C42H48F4N8O5/c1-8-24-11-10-12-25(9-2)36(24)54-37(29-22-52(16-14-31(29)51-54)39-49-18-27(19-50-39)42(44,45)46)33-28-13-15-47-34(28)26(17-30(33)43)21-53(40(58)59-41(5,6)7)35(23(3)4)38(57)48-20-32(55)56/h10-13,15,17-19,23,35,47H,8-9,14,16,20-22H2,1-7H3,(H,48,57)(H,55,56). The molecule has 5 aromatic rings. The number of amides is 2. The summed E-state index contributed by atoms with van der Waals surface area (Å²) in [6.07, 6.45) is -0.660. The summed E-state index contributed by atoms with van der Waals surface area (Å²) in [5.41, 5.74) is 3.57. The van der Waals surface area contributed by atoms with Crippen molar-refractivity contribution in [2.75, 3.05) is 18.0 Å². The molecule has 13 nitrogen and oxygen atoms in total. The summed E-state index contributed by atoms with van der Waals surface area (Å²) in [6, 6.07) is 7.78. The Labute approximate surface area is 338 Å². The molecule has 0 saturated carbocycles. The lowest BCUT2D eigenvalue weighted by molar-refractivity contribution is -0.139. The zero-order valence-corrected chi connectivity index (χ0v) is 34.0. The van der Waals surface area contributed by atoms with E-state index in [2.05, 4.69) is 20.3 Å². The highest BCUT2D eigenvalue weighted by Gasteiger charge is 2.38. The number of halogens is 4. The fourth-order valence-electron chi connectivity index (χ4n) is 7.57. The molecule has 3 aromatic heterocycles. The molecule has 4 heterocycles. The lowest BCUT2D eigenvalue weighted by Gasteiger charge is -2.35. The lowest BCUT2D eigenvalue weighted by atomic mass is 9.95. The maximum absolute atomic E-state index is 17.4. The van der Waals surface area contributed by atoms with Crippen LogP contribution in [0.4, 0.5) is 28.3 Å². The molecule has 1 aliphatic heterocycles. The summed E-state index contributed by atoms with van der Waals surface area (Å²) in [5, 5.41) is 17.2. The van der Waals surface area contributed by atoms with Crippen LogP contribution in [0.1, 0.15) is 82.0 Å². The number of aromatic nitrogens is 5. The van der Waals surface area contributed by atoms with Crippen LogP contribution in [0.15, 0.2) is 48.9 Å². The van der Waals surface area contributed by atoms with Crippen LogP contribution in [-0.4, -0.2) is 77.4 Å². The number of aromatic amines is 1. The van der Waals surface area contributed by atoms with Crippen molar-refractivity contribution in [1.29, 1.82) is 0 Å². The average Bonchev–Trinajstić information content (AvgIpc) is 3.81. The molecule has 1 atom stereocenters. The fourth-order valence-corrected chi connectivity index (χ4v) is 7.57. The Balaban J connectivity index is 1.53. The number of para-hydroxylation sites is 1. The van der Waals surface area contributed by atoms with Gasteiger partial charge in [-0.3, -0.25) is 14.5 Å². The van der Waals surface area contributed by atoms with E-state index in [9.17, 15) is 32.7 Å². The van der Waals surface area contributed by atoms with Gasteiger partial charge in [-0.2, -0.15) is 18.3 Å². The Bertz CT molecular complexity index is 2340. The second-order valence-corrected chi connectivity index (χ2v) is 15.8. The molecule has 0 radical (unpaired) electrons. The van der Waals surface area contributed by atoms with E-state index in [4.69, 9.17) is 9.84 Å². The minimum absolute atomic E-state index is 0.0856. The number of carboxylic acid groups (broad SMARTS) is 1. The number of hydrogen-bond donors (Lipinski definition) is 3. The Kier molecular flexibility index (Phi) is 12.1. The highest BCUT2D eigenvalue weighted by Crippen LogP contribution is 2.41. The predicted octanol–water partition coefficient (Wildman–Crippen LogP) is 7.62. The smallest absolute Gasteiger partial charge is 0.419 e. The van der Waals surface area contributed by atoms with Gasteiger partial charge in [-0.15, -0.1) is 0 Å². The van der Waals surface area contributed by atoms with E-state index in [1.54, 1.807) is 56.5 Å². The van der Waals surface area contributed by atoms with E-state index in [-0.39, 0.29) is 24.6 Å². The van der Waals surface area contributed by atoms with E-state index >= 15 is 4.39 Å². The molecule has 2 amide bonds. The molecule has 0 spiro atoms. The number of carbonyl (C=O) groups is 3. The Hall–Kier alpha value is -6.00. The third-order valence-electron chi connectivity index (χ3n) is 10.2. The molecule has 59 heavy (non-hydrogen) atoms. The molecule has 1 aliphatic rings. The van der Waals surface area contributed by atoms with Crippen LogP contribution in [0.3, 0.4) is 0 Å². The average molecular weight is 821 g/mol. The third-order valence-corrected chi connectivity index (χ3v) is 10.2. The van der Waals surface area contributed by atoms with Crippen molar-refractivity contribution >= 4 is 34.8 Å². The summed E-state index contributed by atoms with van der Waals surface area (Å²) in [5.74, 6) is -3.07. The first-order chi connectivity index (χ1) is 27.8. The van der Waals surface area contributed by atoms with Crippen molar-refractivity contribution in [1.82, 2.24) is 34.9 Å². The van der Waals surface area contributed by atoms with Gasteiger partial charge in [0.05, 0.1) is 34.7 Å². The van der Waals surface area contributed by atoms with E-state index in [0.717, 1.165) is 29.2 Å². The number of aryl methyl sites for hydroxylation is 2. The van der Waals surface area contributed by atoms with Crippen LogP contribution in [-0.2, 0) is 52.9 Å². The molecule has 0 saturated heterocycles. The number of anilines is 1. The van der Waals surface area contributed by atoms with Gasteiger partial charge in [-0.1, -0.05) is 45.9 Å². The molecule has 3 N–H and O–H groups in total. The molecule has 17 heteroatoms. The number of ether oxygens (including phenoxy) is 1. The van der Waals surface area contributed by atoms with E-state index in [0.29, 0.717) is 59.2 Å². The lowest BCUT2D eigenvalue weighted by Crippen LogP contribution is -2.53. The van der Waals surface area contributed by atoms with Crippen LogP contribution in [0.5, 0.6) is 0 Å². The van der Waals surface area contributed by atoms with Crippen LogP contribution in [0.2, 0.25) is 0 Å². The van der Waals surface area contributed by atoms with Gasteiger partial charge in [0.1, 0.15) is 24.0 Å². The Morgan fingerprint density at radius 1 is 1.03 bits per heavy atom. The number of nitrogens with zero attached hydrogens (tertiary/aromatic N) is 6. The molecular formula is C42H48F4N8O5. The minimum Gasteiger partial charge on any atom is -0.480 e. The summed E-state index contributed by atoms with van der Waals surface area (Å²) in [7, 11) is 0. The fraction of sp³-hybridized carbons (Fsp3) is 0.429. The highest BCUT2D eigenvalue weighted by molar-refractivity contribution is 5.98. The summed E-state index contributed by atoms with van der Waals surface area (Å²) >= 11 is 0. The van der Waals surface area contributed by atoms with Crippen molar-refractivity contribution in [3.05, 3.63) is 88.3 Å². The Morgan fingerprint density at radius 3 is 2.27 bits per heavy atom. The minimum atomic E-state index is -4.61. The quantitative estimate of drug-likeness (QED) is 0.108. The van der Waals surface area contributed by atoms with Gasteiger partial charge in [0.2, 0.25) is 11.9 Å². The van der Waals surface area contributed by atoms with Crippen LogP contribution >= 0.6 is 0 Å². The number of alkyl halides is 3. The van der Waals surface area contributed by atoms with Gasteiger partial charge in [-0.05, 0) is 68.4 Å². The number of fused-ring (bicyclic) bond motifs is 2. The van der Waals surface area contributed by atoms with Crippen molar-refractivity contribution < 1.29 is 41.8 Å². The number of nitrogens with one attached hydrogen (secondary N) is 2. The first-order valence-corrected chi connectivity index (χ1v) is 19.5. The molecule has 0 fully saturated rings. The molecule has 1 unspecified atom stereocenters. The normalized spacial score (nSPS) is 13.7. The molecule has 6 rings (SSSR count). The van der Waals surface area contributed by atoms with E-state index < -0.39 is 59.6 Å². The Morgan fingerprint density at radius 2 is 1.69 bits per heavy atom. The zero-order chi connectivity index (χ0) is 43.0. The van der Waals surface area contributed by atoms with Crippen molar-refractivity contribution in [3.8, 4) is 16.9 Å². The van der Waals surface area contributed by atoms with Gasteiger partial charge in [0, 0.05) is 54.6 Å². The number of carbonyl (C=O) groups excluding carboxylic acids is 2. The SMILES string of the molecule is CCc1cccc(CC)c1-n1nc2c(c1-c1c(F)cc(CN(C(=O)OC(C)(C)C)C(C(=O)NCC(=O)O)C(C)C)c3[nH]ccc13)CN(c1ncc(C(F)(F)F)cn1)CC2. The van der Waals surface area contributed by atoms with E-state index in [1.807, 2.05) is 32.0 Å². The van der Waals surface area contributed by atoms with Gasteiger partial charge >= 0.3 is 18.2 Å². The zero-order valence-electron chi connectivity index (χ0n) is 34.0. The van der Waals surface area contributed by atoms with Gasteiger partial charge < -0.3 is 25.0 Å². The van der Waals surface area contributed by atoms with Crippen LogP contribution in [0.25, 0.3) is 27.8 Å². The largest absolute Gasteiger partial charge is 0.480 e. The number of rotatable bonds is 12.